The third kappa shape index (κ3) is 4.46. The molecule has 0 N–H and O–H groups in total. The van der Waals surface area contributed by atoms with Gasteiger partial charge < -0.3 is 14.3 Å². The van der Waals surface area contributed by atoms with Crippen molar-refractivity contribution in [2.24, 2.45) is 35.0 Å². The number of hydrogen-bond acceptors (Lipinski definition) is 5. The topological polar surface area (TPSA) is 69.7 Å². The molecular weight excluding hydrogens is 380 g/mol. The van der Waals surface area contributed by atoms with E-state index in [0.717, 1.165) is 24.8 Å². The highest BCUT2D eigenvalue weighted by molar-refractivity contribution is 5.90. The average Bonchev–Trinajstić information content (AvgIpc) is 2.67. The van der Waals surface area contributed by atoms with Crippen molar-refractivity contribution >= 4 is 17.5 Å². The molecule has 1 aliphatic heterocycles. The van der Waals surface area contributed by atoms with E-state index in [9.17, 15) is 14.4 Å². The normalized spacial score (nSPS) is 37.4. The van der Waals surface area contributed by atoms with Gasteiger partial charge in [0.1, 0.15) is 11.6 Å². The van der Waals surface area contributed by atoms with Gasteiger partial charge in [-0.2, -0.15) is 0 Å². The Hall–Kier alpha value is -1.75. The minimum atomic E-state index is -0.424. The predicted molar refractivity (Wildman–Crippen MR) is 114 cm³/mol. The van der Waals surface area contributed by atoms with Crippen molar-refractivity contribution in [2.45, 2.75) is 72.8 Å². The van der Waals surface area contributed by atoms with Crippen LogP contribution in [0.25, 0.3) is 0 Å². The summed E-state index contributed by atoms with van der Waals surface area (Å²) >= 11 is 0. The van der Waals surface area contributed by atoms with Crippen LogP contribution in [0.1, 0.15) is 67.2 Å². The van der Waals surface area contributed by atoms with Gasteiger partial charge in [0.25, 0.3) is 0 Å². The first-order valence-electron chi connectivity index (χ1n) is 11.1. The van der Waals surface area contributed by atoms with E-state index in [1.54, 1.807) is 6.92 Å². The second-order valence-electron chi connectivity index (χ2n) is 10.6. The lowest BCUT2D eigenvalue weighted by molar-refractivity contribution is -0.173. The van der Waals surface area contributed by atoms with Gasteiger partial charge in [0.15, 0.2) is 0 Å². The zero-order valence-corrected chi connectivity index (χ0v) is 19.2. The van der Waals surface area contributed by atoms with Crippen LogP contribution in [0.2, 0.25) is 0 Å². The third-order valence-electron chi connectivity index (χ3n) is 7.64. The van der Waals surface area contributed by atoms with Gasteiger partial charge in [-0.25, -0.2) is 4.79 Å². The molecule has 0 aromatic carbocycles. The summed E-state index contributed by atoms with van der Waals surface area (Å²) < 4.78 is 11.4. The summed E-state index contributed by atoms with van der Waals surface area (Å²) in [7, 11) is 0. The lowest BCUT2D eigenvalue weighted by Gasteiger charge is -2.53. The highest BCUT2D eigenvalue weighted by atomic mass is 16.5. The van der Waals surface area contributed by atoms with Crippen molar-refractivity contribution in [3.8, 4) is 0 Å². The van der Waals surface area contributed by atoms with Gasteiger partial charge in [-0.05, 0) is 83.1 Å². The van der Waals surface area contributed by atoms with Crippen LogP contribution in [0.4, 0.5) is 0 Å². The van der Waals surface area contributed by atoms with Gasteiger partial charge in [0.05, 0.1) is 18.5 Å². The number of hydrogen-bond donors (Lipinski definition) is 0. The van der Waals surface area contributed by atoms with Crippen LogP contribution in [0.5, 0.6) is 0 Å². The Labute approximate surface area is 180 Å². The Morgan fingerprint density at radius 1 is 1.20 bits per heavy atom. The van der Waals surface area contributed by atoms with Crippen molar-refractivity contribution in [3.05, 3.63) is 24.0 Å². The molecule has 5 heteroatoms. The molecule has 0 radical (unpaired) electrons. The van der Waals surface area contributed by atoms with Crippen molar-refractivity contribution < 1.29 is 23.9 Å². The molecule has 2 aliphatic carbocycles. The predicted octanol–water partition coefficient (Wildman–Crippen LogP) is 4.65. The molecule has 3 fully saturated rings. The number of rotatable bonds is 5. The fraction of sp³-hybridized carbons (Fsp3) is 0.720. The van der Waals surface area contributed by atoms with E-state index < -0.39 is 11.9 Å². The number of esters is 1. The van der Waals surface area contributed by atoms with Crippen LogP contribution in [0.3, 0.4) is 0 Å². The van der Waals surface area contributed by atoms with Gasteiger partial charge >= 0.3 is 5.97 Å². The molecule has 0 aromatic heterocycles. The van der Waals surface area contributed by atoms with E-state index >= 15 is 0 Å². The Morgan fingerprint density at radius 3 is 2.53 bits per heavy atom. The van der Waals surface area contributed by atoms with Crippen LogP contribution >= 0.6 is 0 Å². The third-order valence-corrected chi connectivity index (χ3v) is 7.64. The molecule has 3 rings (SSSR count). The Balaban J connectivity index is 1.95. The van der Waals surface area contributed by atoms with Crippen molar-refractivity contribution in [1.82, 2.24) is 0 Å². The zero-order chi connectivity index (χ0) is 22.3. The molecular formula is C25H36O5. The molecule has 2 bridgehead atoms. The van der Waals surface area contributed by atoms with Crippen LogP contribution in [-0.2, 0) is 23.9 Å². The standard InChI is InChI=1S/C25H36O5/c1-15(2)11-22(27)29-10-8-21-17(12-16(3)26)23(28)19-14-30-24(4,5)20-7-9-25(21,6)13-18(19)20/h8,10-11,17-21H,7,9,12-14H2,1-6H3/b10-8+/t17-,18-,19-,20-,21-,25+/m1/s1. The minimum Gasteiger partial charge on any atom is -0.432 e. The molecule has 0 spiro atoms. The van der Waals surface area contributed by atoms with Gasteiger partial charge in [0.2, 0.25) is 0 Å². The molecule has 1 saturated heterocycles. The second-order valence-corrected chi connectivity index (χ2v) is 10.6. The van der Waals surface area contributed by atoms with E-state index in [1.807, 2.05) is 19.9 Å². The maximum Gasteiger partial charge on any atom is 0.335 e. The van der Waals surface area contributed by atoms with Crippen LogP contribution < -0.4 is 0 Å². The van der Waals surface area contributed by atoms with Crippen molar-refractivity contribution in [1.29, 1.82) is 0 Å². The summed E-state index contributed by atoms with van der Waals surface area (Å²) in [6.07, 6.45) is 7.87. The average molecular weight is 417 g/mol. The van der Waals surface area contributed by atoms with Crippen LogP contribution in [-0.4, -0.2) is 29.7 Å². The molecule has 2 saturated carbocycles. The number of fused-ring (bicyclic) bond motifs is 1. The van der Waals surface area contributed by atoms with E-state index in [-0.39, 0.29) is 46.8 Å². The summed E-state index contributed by atoms with van der Waals surface area (Å²) in [6, 6.07) is 0. The molecule has 1 heterocycles. The van der Waals surface area contributed by atoms with Crippen molar-refractivity contribution in [3.63, 3.8) is 0 Å². The Morgan fingerprint density at radius 2 is 1.90 bits per heavy atom. The summed E-state index contributed by atoms with van der Waals surface area (Å²) in [5.74, 6) is -0.322. The molecule has 6 atom stereocenters. The quantitative estimate of drug-likeness (QED) is 0.371. The second kappa shape index (κ2) is 8.41. The SMILES string of the molecule is CC(=O)C[C@H]1C(=O)[C@@H]2COC(C)(C)[C@@H]3CC[C@@](C)(C[C@@H]32)[C@@H]1/C=C/OC(=O)C=C(C)C. The monoisotopic (exact) mass is 416 g/mol. The summed E-state index contributed by atoms with van der Waals surface area (Å²) in [5, 5.41) is 0. The first kappa shape index (κ1) is 22.9. The van der Waals surface area contributed by atoms with E-state index in [0.29, 0.717) is 12.5 Å². The number of ketones is 2. The fourth-order valence-corrected chi connectivity index (χ4v) is 6.20. The van der Waals surface area contributed by atoms with Gasteiger partial charge in [0, 0.05) is 24.3 Å². The number of ether oxygens (including phenoxy) is 2. The van der Waals surface area contributed by atoms with E-state index in [4.69, 9.17) is 9.47 Å². The maximum absolute atomic E-state index is 13.7. The van der Waals surface area contributed by atoms with Crippen LogP contribution in [0, 0.1) is 35.0 Å². The van der Waals surface area contributed by atoms with E-state index in [2.05, 4.69) is 20.8 Å². The molecule has 0 unspecified atom stereocenters. The highest BCUT2D eigenvalue weighted by Gasteiger charge is 2.58. The van der Waals surface area contributed by atoms with Gasteiger partial charge in [-0.15, -0.1) is 0 Å². The summed E-state index contributed by atoms with van der Waals surface area (Å²) in [6.45, 7) is 12.2. The lowest BCUT2D eigenvalue weighted by Crippen LogP contribution is -2.53. The first-order chi connectivity index (χ1) is 13.9. The largest absolute Gasteiger partial charge is 0.432 e. The number of carbonyl (C=O) groups excluding carboxylic acids is 3. The highest BCUT2D eigenvalue weighted by Crippen LogP contribution is 2.59. The summed E-state index contributed by atoms with van der Waals surface area (Å²) in [5.41, 5.74) is 0.525. The van der Waals surface area contributed by atoms with Gasteiger partial charge in [-0.1, -0.05) is 12.5 Å². The van der Waals surface area contributed by atoms with Crippen LogP contribution in [0.15, 0.2) is 24.0 Å². The Kier molecular flexibility index (Phi) is 6.43. The lowest BCUT2D eigenvalue weighted by atomic mass is 9.56. The number of allylic oxidation sites excluding steroid dienone is 2. The first-order valence-corrected chi connectivity index (χ1v) is 11.1. The molecule has 30 heavy (non-hydrogen) atoms. The van der Waals surface area contributed by atoms with Crippen molar-refractivity contribution in [2.75, 3.05) is 6.61 Å². The van der Waals surface area contributed by atoms with E-state index in [1.165, 1.54) is 12.3 Å². The molecule has 0 amide bonds. The maximum atomic E-state index is 13.7. The van der Waals surface area contributed by atoms with Gasteiger partial charge in [-0.3, -0.25) is 4.79 Å². The Bertz CT molecular complexity index is 772. The fourth-order valence-electron chi connectivity index (χ4n) is 6.20. The zero-order valence-electron chi connectivity index (χ0n) is 19.2. The molecule has 3 aliphatic rings. The summed E-state index contributed by atoms with van der Waals surface area (Å²) in [4.78, 5) is 37.7. The molecule has 166 valence electrons. The number of carbonyl (C=O) groups is 3. The number of Topliss-reactive ketones (excluding diaryl/α,β-unsaturated/α-hetero) is 2. The smallest absolute Gasteiger partial charge is 0.335 e. The minimum absolute atomic E-state index is 0.0157. The molecule has 5 nitrogen and oxygen atoms in total. The molecule has 0 aromatic rings.